The van der Waals surface area contributed by atoms with E-state index in [9.17, 15) is 14.0 Å². The van der Waals surface area contributed by atoms with Gasteiger partial charge in [0.2, 0.25) is 0 Å². The first-order valence-electron chi connectivity index (χ1n) is 7.85. The largest absolute Gasteiger partial charge is 0.482 e. The Morgan fingerprint density at radius 2 is 1.72 bits per heavy atom. The Balaban J connectivity index is 1.72. The predicted octanol–water partition coefficient (Wildman–Crippen LogP) is 2.76. The Kier molecular flexibility index (Phi) is 6.51. The standard InChI is InChI=1S/C19H20FNO4/c1-13-3-5-15(6-4-13)11-21-19(23)14(2)25-18(22)12-24-17-9-7-16(20)8-10-17/h3-10,14H,11-12H2,1-2H3,(H,21,23)/t14-/m1/s1. The van der Waals surface area contributed by atoms with Crippen LogP contribution in [0.2, 0.25) is 0 Å². The first kappa shape index (κ1) is 18.4. The van der Waals surface area contributed by atoms with Gasteiger partial charge in [0.1, 0.15) is 11.6 Å². The van der Waals surface area contributed by atoms with Crippen molar-refractivity contribution in [3.63, 3.8) is 0 Å². The lowest BCUT2D eigenvalue weighted by Gasteiger charge is -2.14. The molecule has 2 rings (SSSR count). The molecule has 6 heteroatoms. The number of amides is 1. The van der Waals surface area contributed by atoms with E-state index in [1.54, 1.807) is 0 Å². The minimum atomic E-state index is -0.935. The summed E-state index contributed by atoms with van der Waals surface area (Å²) in [6.45, 7) is 3.46. The number of hydrogen-bond acceptors (Lipinski definition) is 4. The fourth-order valence-electron chi connectivity index (χ4n) is 2.00. The summed E-state index contributed by atoms with van der Waals surface area (Å²) in [6.07, 6.45) is -0.935. The van der Waals surface area contributed by atoms with Gasteiger partial charge < -0.3 is 14.8 Å². The maximum absolute atomic E-state index is 12.8. The van der Waals surface area contributed by atoms with Crippen molar-refractivity contribution in [2.75, 3.05) is 6.61 Å². The van der Waals surface area contributed by atoms with Crippen LogP contribution in [0.15, 0.2) is 48.5 Å². The second-order valence-corrected chi connectivity index (χ2v) is 5.58. The fourth-order valence-corrected chi connectivity index (χ4v) is 2.00. The molecule has 0 heterocycles. The van der Waals surface area contributed by atoms with E-state index >= 15 is 0 Å². The molecule has 132 valence electrons. The summed E-state index contributed by atoms with van der Waals surface area (Å²) in [5.74, 6) is -1.12. The average Bonchev–Trinajstić information content (AvgIpc) is 2.60. The molecule has 0 bridgehead atoms. The van der Waals surface area contributed by atoms with Crippen molar-refractivity contribution in [3.8, 4) is 5.75 Å². The molecule has 0 radical (unpaired) electrons. The van der Waals surface area contributed by atoms with Gasteiger partial charge in [-0.25, -0.2) is 9.18 Å². The van der Waals surface area contributed by atoms with Crippen LogP contribution >= 0.6 is 0 Å². The smallest absolute Gasteiger partial charge is 0.344 e. The number of hydrogen-bond donors (Lipinski definition) is 1. The summed E-state index contributed by atoms with van der Waals surface area (Å²) >= 11 is 0. The van der Waals surface area contributed by atoms with E-state index in [0.717, 1.165) is 11.1 Å². The Hall–Kier alpha value is -2.89. The van der Waals surface area contributed by atoms with E-state index in [1.165, 1.54) is 31.2 Å². The highest BCUT2D eigenvalue weighted by molar-refractivity contribution is 5.83. The highest BCUT2D eigenvalue weighted by atomic mass is 19.1. The average molecular weight is 345 g/mol. The van der Waals surface area contributed by atoms with E-state index in [4.69, 9.17) is 9.47 Å². The molecule has 2 aromatic rings. The molecule has 1 atom stereocenters. The minimum absolute atomic E-state index is 0.342. The summed E-state index contributed by atoms with van der Waals surface area (Å²) in [5.41, 5.74) is 2.09. The summed E-state index contributed by atoms with van der Waals surface area (Å²) in [7, 11) is 0. The molecule has 0 aliphatic carbocycles. The lowest BCUT2D eigenvalue weighted by molar-refractivity contribution is -0.156. The third-order valence-electron chi connectivity index (χ3n) is 3.44. The Morgan fingerprint density at radius 3 is 2.36 bits per heavy atom. The van der Waals surface area contributed by atoms with Crippen molar-refractivity contribution in [2.24, 2.45) is 0 Å². The van der Waals surface area contributed by atoms with Gasteiger partial charge in [-0.3, -0.25) is 4.79 Å². The molecule has 5 nitrogen and oxygen atoms in total. The van der Waals surface area contributed by atoms with E-state index in [2.05, 4.69) is 5.32 Å². The molecule has 0 saturated carbocycles. The van der Waals surface area contributed by atoms with Crippen LogP contribution in [0.25, 0.3) is 0 Å². The highest BCUT2D eigenvalue weighted by Crippen LogP contribution is 2.11. The molecule has 25 heavy (non-hydrogen) atoms. The highest BCUT2D eigenvalue weighted by Gasteiger charge is 2.17. The van der Waals surface area contributed by atoms with Crippen LogP contribution < -0.4 is 10.1 Å². The lowest BCUT2D eigenvalue weighted by Crippen LogP contribution is -2.36. The fraction of sp³-hybridized carbons (Fsp3) is 0.263. The molecule has 0 aliphatic heterocycles. The summed E-state index contributed by atoms with van der Waals surface area (Å²) in [5, 5.41) is 2.70. The van der Waals surface area contributed by atoms with Crippen LogP contribution in [0.5, 0.6) is 5.75 Å². The lowest BCUT2D eigenvalue weighted by atomic mass is 10.1. The minimum Gasteiger partial charge on any atom is -0.482 e. The van der Waals surface area contributed by atoms with Gasteiger partial charge in [0.05, 0.1) is 0 Å². The van der Waals surface area contributed by atoms with Crippen molar-refractivity contribution in [1.82, 2.24) is 5.32 Å². The van der Waals surface area contributed by atoms with Gasteiger partial charge in [0.15, 0.2) is 12.7 Å². The van der Waals surface area contributed by atoms with E-state index in [1.807, 2.05) is 31.2 Å². The Bertz CT molecular complexity index is 713. The first-order chi connectivity index (χ1) is 11.9. The van der Waals surface area contributed by atoms with E-state index < -0.39 is 23.8 Å². The zero-order chi connectivity index (χ0) is 18.2. The van der Waals surface area contributed by atoms with Crippen molar-refractivity contribution in [1.29, 1.82) is 0 Å². The van der Waals surface area contributed by atoms with Crippen LogP contribution in [-0.4, -0.2) is 24.6 Å². The number of carbonyl (C=O) groups excluding carboxylic acids is 2. The quantitative estimate of drug-likeness (QED) is 0.784. The Morgan fingerprint density at radius 1 is 1.08 bits per heavy atom. The zero-order valence-electron chi connectivity index (χ0n) is 14.1. The topological polar surface area (TPSA) is 64.6 Å². The summed E-state index contributed by atoms with van der Waals surface area (Å²) in [6, 6.07) is 13.0. The van der Waals surface area contributed by atoms with Crippen molar-refractivity contribution in [3.05, 3.63) is 65.5 Å². The zero-order valence-corrected chi connectivity index (χ0v) is 14.1. The number of ether oxygens (including phenoxy) is 2. The van der Waals surface area contributed by atoms with Gasteiger partial charge in [-0.05, 0) is 43.7 Å². The summed E-state index contributed by atoms with van der Waals surface area (Å²) < 4.78 is 23.0. The van der Waals surface area contributed by atoms with Crippen LogP contribution in [0, 0.1) is 12.7 Å². The van der Waals surface area contributed by atoms with Gasteiger partial charge in [-0.2, -0.15) is 0 Å². The summed E-state index contributed by atoms with van der Waals surface area (Å²) in [4.78, 5) is 23.7. The van der Waals surface area contributed by atoms with Gasteiger partial charge in [-0.15, -0.1) is 0 Å². The molecule has 2 aromatic carbocycles. The normalized spacial score (nSPS) is 11.5. The van der Waals surface area contributed by atoms with Crippen molar-refractivity contribution in [2.45, 2.75) is 26.5 Å². The molecular formula is C19H20FNO4. The molecule has 0 fully saturated rings. The van der Waals surface area contributed by atoms with Gasteiger partial charge in [0.25, 0.3) is 5.91 Å². The molecular weight excluding hydrogens is 325 g/mol. The molecule has 0 unspecified atom stereocenters. The monoisotopic (exact) mass is 345 g/mol. The van der Waals surface area contributed by atoms with Crippen LogP contribution in [-0.2, 0) is 20.9 Å². The van der Waals surface area contributed by atoms with Crippen molar-refractivity contribution < 1.29 is 23.5 Å². The maximum Gasteiger partial charge on any atom is 0.344 e. The predicted molar refractivity (Wildman–Crippen MR) is 90.5 cm³/mol. The molecule has 0 saturated heterocycles. The van der Waals surface area contributed by atoms with E-state index in [-0.39, 0.29) is 6.61 Å². The first-order valence-corrected chi connectivity index (χ1v) is 7.85. The molecule has 0 aliphatic rings. The molecule has 0 spiro atoms. The number of halogens is 1. The molecule has 1 N–H and O–H groups in total. The molecule has 1 amide bonds. The van der Waals surface area contributed by atoms with Gasteiger partial charge in [-0.1, -0.05) is 29.8 Å². The SMILES string of the molecule is Cc1ccc(CNC(=O)[C@@H](C)OC(=O)COc2ccc(F)cc2)cc1. The van der Waals surface area contributed by atoms with E-state index in [0.29, 0.717) is 12.3 Å². The Labute approximate surface area is 145 Å². The molecule has 0 aromatic heterocycles. The van der Waals surface area contributed by atoms with Gasteiger partial charge >= 0.3 is 5.97 Å². The van der Waals surface area contributed by atoms with Crippen molar-refractivity contribution >= 4 is 11.9 Å². The maximum atomic E-state index is 12.8. The van der Waals surface area contributed by atoms with Crippen LogP contribution in [0.1, 0.15) is 18.1 Å². The van der Waals surface area contributed by atoms with Crippen LogP contribution in [0.3, 0.4) is 0 Å². The number of nitrogens with one attached hydrogen (secondary N) is 1. The number of benzene rings is 2. The number of rotatable bonds is 7. The van der Waals surface area contributed by atoms with Crippen LogP contribution in [0.4, 0.5) is 4.39 Å². The third-order valence-corrected chi connectivity index (χ3v) is 3.44. The second kappa shape index (κ2) is 8.82. The number of esters is 1. The van der Waals surface area contributed by atoms with Gasteiger partial charge in [0, 0.05) is 6.54 Å². The number of aryl methyl sites for hydroxylation is 1. The number of carbonyl (C=O) groups is 2. The third kappa shape index (κ3) is 6.25. The second-order valence-electron chi connectivity index (χ2n) is 5.58.